The second kappa shape index (κ2) is 5.54. The summed E-state index contributed by atoms with van der Waals surface area (Å²) in [6, 6.07) is 5.90. The van der Waals surface area contributed by atoms with Crippen molar-refractivity contribution >= 4 is 17.5 Å². The molecule has 92 valence electrons. The summed E-state index contributed by atoms with van der Waals surface area (Å²) in [5.41, 5.74) is 1.54. The molecule has 2 rings (SSSR count). The van der Waals surface area contributed by atoms with E-state index in [0.29, 0.717) is 16.6 Å². The predicted molar refractivity (Wildman–Crippen MR) is 70.5 cm³/mol. The van der Waals surface area contributed by atoms with Crippen molar-refractivity contribution in [1.29, 1.82) is 0 Å². The van der Waals surface area contributed by atoms with Gasteiger partial charge in [-0.1, -0.05) is 43.0 Å². The molecule has 17 heavy (non-hydrogen) atoms. The number of halogens is 1. The topological polar surface area (TPSA) is 29.1 Å². The number of aryl methyl sites for hydroxylation is 1. The van der Waals surface area contributed by atoms with Gasteiger partial charge in [0.1, 0.15) is 0 Å². The van der Waals surface area contributed by atoms with E-state index >= 15 is 0 Å². The molecule has 1 aromatic rings. The molecule has 0 unspecified atom stereocenters. The average molecular weight is 252 g/mol. The lowest BCUT2D eigenvalue weighted by atomic mass is 9.95. The molecule has 1 amide bonds. The SMILES string of the molecule is Cc1cccc(C(=O)NC2CCCCC2)c1Cl. The Balaban J connectivity index is 2.06. The fourth-order valence-electron chi connectivity index (χ4n) is 2.33. The zero-order valence-electron chi connectivity index (χ0n) is 10.1. The van der Waals surface area contributed by atoms with Gasteiger partial charge in [0, 0.05) is 6.04 Å². The van der Waals surface area contributed by atoms with Gasteiger partial charge in [0.15, 0.2) is 0 Å². The van der Waals surface area contributed by atoms with Crippen molar-refractivity contribution in [2.45, 2.75) is 45.1 Å². The first-order valence-electron chi connectivity index (χ1n) is 6.24. The molecule has 0 aromatic heterocycles. The third-order valence-corrected chi connectivity index (χ3v) is 3.88. The summed E-state index contributed by atoms with van der Waals surface area (Å²) in [7, 11) is 0. The molecule has 1 aliphatic rings. The minimum Gasteiger partial charge on any atom is -0.349 e. The lowest BCUT2D eigenvalue weighted by Crippen LogP contribution is -2.36. The Morgan fingerprint density at radius 1 is 1.29 bits per heavy atom. The van der Waals surface area contributed by atoms with Crippen LogP contribution in [0.3, 0.4) is 0 Å². The smallest absolute Gasteiger partial charge is 0.253 e. The number of rotatable bonds is 2. The van der Waals surface area contributed by atoms with E-state index in [1.165, 1.54) is 19.3 Å². The number of hydrogen-bond acceptors (Lipinski definition) is 1. The summed E-state index contributed by atoms with van der Waals surface area (Å²) >= 11 is 6.14. The molecule has 1 fully saturated rings. The molecule has 0 atom stereocenters. The van der Waals surface area contributed by atoms with Crippen LogP contribution in [-0.4, -0.2) is 11.9 Å². The number of nitrogens with one attached hydrogen (secondary N) is 1. The van der Waals surface area contributed by atoms with Gasteiger partial charge in [0.25, 0.3) is 5.91 Å². The fraction of sp³-hybridized carbons (Fsp3) is 0.500. The first-order chi connectivity index (χ1) is 8.18. The maximum atomic E-state index is 12.1. The fourth-order valence-corrected chi connectivity index (χ4v) is 2.54. The van der Waals surface area contributed by atoms with Crippen LogP contribution in [0.25, 0.3) is 0 Å². The van der Waals surface area contributed by atoms with Gasteiger partial charge in [0.05, 0.1) is 10.6 Å². The highest BCUT2D eigenvalue weighted by atomic mass is 35.5. The maximum absolute atomic E-state index is 12.1. The van der Waals surface area contributed by atoms with Crippen molar-refractivity contribution in [2.75, 3.05) is 0 Å². The van der Waals surface area contributed by atoms with Gasteiger partial charge in [-0.3, -0.25) is 4.79 Å². The highest BCUT2D eigenvalue weighted by molar-refractivity contribution is 6.34. The minimum atomic E-state index is -0.0365. The second-order valence-corrected chi connectivity index (χ2v) is 5.12. The van der Waals surface area contributed by atoms with Gasteiger partial charge < -0.3 is 5.32 Å². The van der Waals surface area contributed by atoms with Crippen molar-refractivity contribution in [3.8, 4) is 0 Å². The van der Waals surface area contributed by atoms with E-state index in [4.69, 9.17) is 11.6 Å². The number of carbonyl (C=O) groups excluding carboxylic acids is 1. The standard InChI is InChI=1S/C14H18ClNO/c1-10-6-5-9-12(13(10)15)14(17)16-11-7-3-2-4-8-11/h5-6,9,11H,2-4,7-8H2,1H3,(H,16,17). The molecular weight excluding hydrogens is 234 g/mol. The summed E-state index contributed by atoms with van der Waals surface area (Å²) in [4.78, 5) is 12.1. The first kappa shape index (κ1) is 12.4. The van der Waals surface area contributed by atoms with Crippen LogP contribution in [0.4, 0.5) is 0 Å². The Morgan fingerprint density at radius 3 is 2.71 bits per heavy atom. The Labute approximate surface area is 107 Å². The van der Waals surface area contributed by atoms with Crippen LogP contribution >= 0.6 is 11.6 Å². The molecule has 3 heteroatoms. The normalized spacial score (nSPS) is 16.8. The highest BCUT2D eigenvalue weighted by Crippen LogP contribution is 2.22. The molecule has 1 aromatic carbocycles. The Morgan fingerprint density at radius 2 is 2.00 bits per heavy atom. The lowest BCUT2D eigenvalue weighted by molar-refractivity contribution is 0.0928. The van der Waals surface area contributed by atoms with Gasteiger partial charge in [0.2, 0.25) is 0 Å². The summed E-state index contributed by atoms with van der Waals surface area (Å²) in [6.07, 6.45) is 5.90. The van der Waals surface area contributed by atoms with Crippen LogP contribution < -0.4 is 5.32 Å². The zero-order chi connectivity index (χ0) is 12.3. The van der Waals surface area contributed by atoms with E-state index in [1.807, 2.05) is 19.1 Å². The van der Waals surface area contributed by atoms with Gasteiger partial charge in [-0.25, -0.2) is 0 Å². The van der Waals surface area contributed by atoms with E-state index in [9.17, 15) is 4.79 Å². The summed E-state index contributed by atoms with van der Waals surface area (Å²) in [6.45, 7) is 1.92. The lowest BCUT2D eigenvalue weighted by Gasteiger charge is -2.23. The number of amides is 1. The third-order valence-electron chi connectivity index (χ3n) is 3.38. The summed E-state index contributed by atoms with van der Waals surface area (Å²) < 4.78 is 0. The Bertz CT molecular complexity index is 411. The minimum absolute atomic E-state index is 0.0365. The highest BCUT2D eigenvalue weighted by Gasteiger charge is 2.18. The number of benzene rings is 1. The van der Waals surface area contributed by atoms with E-state index in [-0.39, 0.29) is 5.91 Å². The zero-order valence-corrected chi connectivity index (χ0v) is 10.9. The molecule has 0 bridgehead atoms. The second-order valence-electron chi connectivity index (χ2n) is 4.74. The molecular formula is C14H18ClNO. The predicted octanol–water partition coefficient (Wildman–Crippen LogP) is 3.71. The average Bonchev–Trinajstić information content (AvgIpc) is 2.34. The van der Waals surface area contributed by atoms with E-state index in [0.717, 1.165) is 18.4 Å². The van der Waals surface area contributed by atoms with E-state index in [2.05, 4.69) is 5.32 Å². The van der Waals surface area contributed by atoms with Gasteiger partial charge in [-0.15, -0.1) is 0 Å². The molecule has 1 saturated carbocycles. The summed E-state index contributed by atoms with van der Waals surface area (Å²) in [5, 5.41) is 3.65. The Kier molecular flexibility index (Phi) is 4.06. The maximum Gasteiger partial charge on any atom is 0.253 e. The van der Waals surface area contributed by atoms with Crippen LogP contribution in [0, 0.1) is 6.92 Å². The summed E-state index contributed by atoms with van der Waals surface area (Å²) in [5.74, 6) is -0.0365. The molecule has 0 aliphatic heterocycles. The Hall–Kier alpha value is -1.02. The van der Waals surface area contributed by atoms with Crippen molar-refractivity contribution in [1.82, 2.24) is 5.32 Å². The third kappa shape index (κ3) is 3.01. The molecule has 0 spiro atoms. The molecule has 0 heterocycles. The van der Waals surface area contributed by atoms with Crippen LogP contribution in [0.5, 0.6) is 0 Å². The monoisotopic (exact) mass is 251 g/mol. The van der Waals surface area contributed by atoms with Crippen molar-refractivity contribution in [3.05, 3.63) is 34.3 Å². The molecule has 2 nitrogen and oxygen atoms in total. The van der Waals surface area contributed by atoms with Gasteiger partial charge >= 0.3 is 0 Å². The van der Waals surface area contributed by atoms with Crippen molar-refractivity contribution < 1.29 is 4.79 Å². The molecule has 1 aliphatic carbocycles. The van der Waals surface area contributed by atoms with Crippen LogP contribution in [-0.2, 0) is 0 Å². The van der Waals surface area contributed by atoms with E-state index < -0.39 is 0 Å². The molecule has 1 N–H and O–H groups in total. The van der Waals surface area contributed by atoms with Crippen molar-refractivity contribution in [3.63, 3.8) is 0 Å². The van der Waals surface area contributed by atoms with Crippen LogP contribution in [0.15, 0.2) is 18.2 Å². The van der Waals surface area contributed by atoms with Gasteiger partial charge in [-0.2, -0.15) is 0 Å². The first-order valence-corrected chi connectivity index (χ1v) is 6.62. The molecule has 0 radical (unpaired) electrons. The number of carbonyl (C=O) groups is 1. The quantitative estimate of drug-likeness (QED) is 0.853. The van der Waals surface area contributed by atoms with Crippen LogP contribution in [0.2, 0.25) is 5.02 Å². The molecule has 0 saturated heterocycles. The number of hydrogen-bond donors (Lipinski definition) is 1. The van der Waals surface area contributed by atoms with Crippen LogP contribution in [0.1, 0.15) is 48.0 Å². The largest absolute Gasteiger partial charge is 0.349 e. The van der Waals surface area contributed by atoms with Crippen molar-refractivity contribution in [2.24, 2.45) is 0 Å². The van der Waals surface area contributed by atoms with E-state index in [1.54, 1.807) is 6.07 Å². The van der Waals surface area contributed by atoms with Gasteiger partial charge in [-0.05, 0) is 31.4 Å².